The fourth-order valence-electron chi connectivity index (χ4n) is 4.51. The first-order valence-electron chi connectivity index (χ1n) is 11.7. The van der Waals surface area contributed by atoms with Crippen molar-refractivity contribution in [3.8, 4) is 11.1 Å². The van der Waals surface area contributed by atoms with Crippen LogP contribution in [0.15, 0.2) is 41.5 Å². The molecule has 180 valence electrons. The van der Waals surface area contributed by atoms with Gasteiger partial charge >= 0.3 is 5.97 Å². The smallest absolute Gasteiger partial charge is 0.341 e. The van der Waals surface area contributed by atoms with Crippen molar-refractivity contribution in [1.29, 1.82) is 5.26 Å². The lowest BCUT2D eigenvalue weighted by Crippen LogP contribution is -2.24. The van der Waals surface area contributed by atoms with Crippen LogP contribution >= 0.6 is 11.3 Å². The van der Waals surface area contributed by atoms with Gasteiger partial charge in [-0.15, -0.1) is 11.3 Å². The van der Waals surface area contributed by atoms with Gasteiger partial charge in [-0.05, 0) is 63.6 Å². The van der Waals surface area contributed by atoms with Gasteiger partial charge in [-0.1, -0.05) is 30.3 Å². The lowest BCUT2D eigenvalue weighted by molar-refractivity contribution is -0.121. The molecule has 35 heavy (non-hydrogen) atoms. The molecule has 2 heterocycles. The molecule has 8 heteroatoms. The van der Waals surface area contributed by atoms with Crippen LogP contribution < -0.4 is 5.43 Å². The number of hydrogen-bond acceptors (Lipinski definition) is 6. The maximum Gasteiger partial charge on any atom is 0.341 e. The summed E-state index contributed by atoms with van der Waals surface area (Å²) < 4.78 is 7.49. The summed E-state index contributed by atoms with van der Waals surface area (Å²) in [7, 11) is 0. The topological polar surface area (TPSA) is 96.5 Å². The van der Waals surface area contributed by atoms with Gasteiger partial charge in [-0.2, -0.15) is 10.4 Å². The molecule has 2 aromatic heterocycles. The van der Waals surface area contributed by atoms with Crippen LogP contribution in [0.5, 0.6) is 0 Å². The molecule has 0 saturated carbocycles. The van der Waals surface area contributed by atoms with Gasteiger partial charge < -0.3 is 9.30 Å². The van der Waals surface area contributed by atoms with Crippen LogP contribution in [-0.2, 0) is 22.4 Å². The number of carbonyl (C=O) groups is 2. The van der Waals surface area contributed by atoms with Crippen molar-refractivity contribution in [3.63, 3.8) is 0 Å². The van der Waals surface area contributed by atoms with Crippen molar-refractivity contribution < 1.29 is 14.3 Å². The molecule has 0 unspecified atom stereocenters. The van der Waals surface area contributed by atoms with Crippen molar-refractivity contribution >= 4 is 29.4 Å². The molecule has 1 aliphatic carbocycles. The molecule has 0 fully saturated rings. The summed E-state index contributed by atoms with van der Waals surface area (Å²) in [5, 5.41) is 14.4. The monoisotopic (exact) mass is 488 g/mol. The number of amides is 1. The van der Waals surface area contributed by atoms with Crippen molar-refractivity contribution in [2.75, 3.05) is 6.61 Å². The predicted molar refractivity (Wildman–Crippen MR) is 136 cm³/mol. The Morgan fingerprint density at radius 2 is 2.00 bits per heavy atom. The summed E-state index contributed by atoms with van der Waals surface area (Å²) in [5.41, 5.74) is 7.58. The van der Waals surface area contributed by atoms with E-state index in [4.69, 9.17) is 4.74 Å². The van der Waals surface area contributed by atoms with Gasteiger partial charge in [-0.3, -0.25) is 4.79 Å². The van der Waals surface area contributed by atoms with Crippen molar-refractivity contribution in [3.05, 3.63) is 74.9 Å². The van der Waals surface area contributed by atoms with E-state index in [0.717, 1.165) is 53.2 Å². The second-order valence-electron chi connectivity index (χ2n) is 8.48. The Morgan fingerprint density at radius 1 is 1.26 bits per heavy atom. The number of hydrogen-bond donors (Lipinski definition) is 1. The van der Waals surface area contributed by atoms with Crippen LogP contribution in [0.25, 0.3) is 5.00 Å². The van der Waals surface area contributed by atoms with E-state index in [1.165, 1.54) is 4.88 Å². The number of rotatable bonds is 7. The number of nitrogens with zero attached hydrogens (tertiary/aromatic N) is 3. The van der Waals surface area contributed by atoms with E-state index in [1.807, 2.05) is 39.0 Å². The number of thiophene rings is 1. The Kier molecular flexibility index (Phi) is 7.47. The molecule has 0 saturated heterocycles. The van der Waals surface area contributed by atoms with E-state index in [0.29, 0.717) is 17.7 Å². The third-order valence-corrected chi connectivity index (χ3v) is 7.49. The molecule has 0 spiro atoms. The fourth-order valence-corrected chi connectivity index (χ4v) is 6.00. The Balaban J connectivity index is 1.61. The molecule has 1 aliphatic rings. The number of nitrogens with one attached hydrogen (secondary N) is 1. The zero-order valence-corrected chi connectivity index (χ0v) is 20.9. The second-order valence-corrected chi connectivity index (χ2v) is 9.56. The minimum absolute atomic E-state index is 0.277. The normalized spacial score (nSPS) is 13.8. The molecular weight excluding hydrogens is 460 g/mol. The second kappa shape index (κ2) is 10.7. The SMILES string of the molecule is CCOC(=O)c1c(-n2c(C)cc(/C=N\NC(=O)[C@@H](C#N)c3ccccc3)c2C)sc2c1CCCC2. The quantitative estimate of drug-likeness (QED) is 0.289. The number of carbonyl (C=O) groups excluding carboxylic acids is 2. The van der Waals surface area contributed by atoms with Gasteiger partial charge in [0, 0.05) is 21.8 Å². The molecule has 0 aliphatic heterocycles. The summed E-state index contributed by atoms with van der Waals surface area (Å²) in [6, 6.07) is 12.9. The van der Waals surface area contributed by atoms with Gasteiger partial charge in [0.1, 0.15) is 5.00 Å². The number of benzene rings is 1. The van der Waals surface area contributed by atoms with E-state index in [9.17, 15) is 14.9 Å². The highest BCUT2D eigenvalue weighted by atomic mass is 32.1. The van der Waals surface area contributed by atoms with Crippen molar-refractivity contribution in [1.82, 2.24) is 9.99 Å². The van der Waals surface area contributed by atoms with Crippen molar-refractivity contribution in [2.45, 2.75) is 52.4 Å². The minimum atomic E-state index is -0.939. The number of hydrazone groups is 1. The van der Waals surface area contributed by atoms with Gasteiger partial charge in [-0.25, -0.2) is 10.2 Å². The van der Waals surface area contributed by atoms with Crippen molar-refractivity contribution in [2.24, 2.45) is 5.10 Å². The third-order valence-electron chi connectivity index (χ3n) is 6.21. The van der Waals surface area contributed by atoms with Crippen LogP contribution in [0.3, 0.4) is 0 Å². The molecule has 1 amide bonds. The average molecular weight is 489 g/mol. The number of esters is 1. The first-order valence-corrected chi connectivity index (χ1v) is 12.6. The standard InChI is InChI=1S/C27H28N4O3S/c1-4-34-27(33)24-21-12-8-9-13-23(21)35-26(24)31-17(2)14-20(18(31)3)16-29-30-25(32)22(15-28)19-10-6-5-7-11-19/h5-7,10-11,14,16,22H,4,8-9,12-13H2,1-3H3,(H,30,32)/b29-16-/t22-/m0/s1. The maximum atomic E-state index is 12.9. The van der Waals surface area contributed by atoms with E-state index in [2.05, 4.69) is 15.1 Å². The summed E-state index contributed by atoms with van der Waals surface area (Å²) in [4.78, 5) is 26.7. The lowest BCUT2D eigenvalue weighted by atomic mass is 9.95. The van der Waals surface area contributed by atoms with E-state index < -0.39 is 11.8 Å². The molecule has 0 bridgehead atoms. The number of fused-ring (bicyclic) bond motifs is 1. The molecule has 1 atom stereocenters. The van der Waals surface area contributed by atoms with E-state index >= 15 is 0 Å². The molecule has 7 nitrogen and oxygen atoms in total. The van der Waals surface area contributed by atoms with Crippen LogP contribution in [0.4, 0.5) is 0 Å². The highest BCUT2D eigenvalue weighted by Crippen LogP contribution is 2.39. The van der Waals surface area contributed by atoms with E-state index in [1.54, 1.807) is 41.8 Å². The fraction of sp³-hybridized carbons (Fsp3) is 0.333. The maximum absolute atomic E-state index is 12.9. The highest BCUT2D eigenvalue weighted by molar-refractivity contribution is 7.15. The Hall–Kier alpha value is -3.70. The van der Waals surface area contributed by atoms with Crippen LogP contribution in [-0.4, -0.2) is 29.3 Å². The molecular formula is C27H28N4O3S. The van der Waals surface area contributed by atoms with Crippen LogP contribution in [0.1, 0.15) is 69.0 Å². The van der Waals surface area contributed by atoms with E-state index in [-0.39, 0.29) is 5.97 Å². The number of ether oxygens (including phenoxy) is 1. The summed E-state index contributed by atoms with van der Waals surface area (Å²) >= 11 is 1.66. The van der Waals surface area contributed by atoms with Crippen LogP contribution in [0, 0.1) is 25.2 Å². The molecule has 3 aromatic rings. The Morgan fingerprint density at radius 3 is 2.71 bits per heavy atom. The summed E-state index contributed by atoms with van der Waals surface area (Å²) in [5.74, 6) is -1.70. The predicted octanol–water partition coefficient (Wildman–Crippen LogP) is 4.97. The molecule has 4 rings (SSSR count). The van der Waals surface area contributed by atoms with Gasteiger partial charge in [0.05, 0.1) is 24.5 Å². The molecule has 1 aromatic carbocycles. The Labute approximate surface area is 209 Å². The number of aromatic nitrogens is 1. The third kappa shape index (κ3) is 4.91. The zero-order chi connectivity index (χ0) is 24.9. The lowest BCUT2D eigenvalue weighted by Gasteiger charge is -2.13. The number of nitriles is 1. The van der Waals surface area contributed by atoms with Gasteiger partial charge in [0.25, 0.3) is 5.91 Å². The van der Waals surface area contributed by atoms with Gasteiger partial charge in [0.2, 0.25) is 0 Å². The van der Waals surface area contributed by atoms with Gasteiger partial charge in [0.15, 0.2) is 5.92 Å². The molecule has 0 radical (unpaired) electrons. The Bertz CT molecular complexity index is 1310. The first kappa shape index (κ1) is 24.4. The largest absolute Gasteiger partial charge is 0.462 e. The molecule has 1 N–H and O–H groups in total. The average Bonchev–Trinajstić information content (AvgIpc) is 3.36. The first-order chi connectivity index (χ1) is 17.0. The minimum Gasteiger partial charge on any atom is -0.462 e. The highest BCUT2D eigenvalue weighted by Gasteiger charge is 2.28. The number of aryl methyl sites for hydroxylation is 2. The summed E-state index contributed by atoms with van der Waals surface area (Å²) in [6.07, 6.45) is 5.65. The summed E-state index contributed by atoms with van der Waals surface area (Å²) in [6.45, 7) is 6.10. The zero-order valence-electron chi connectivity index (χ0n) is 20.1. The van der Waals surface area contributed by atoms with Crippen LogP contribution in [0.2, 0.25) is 0 Å².